The first kappa shape index (κ1) is 18.2. The molecule has 1 aromatic carbocycles. The number of piperazine rings is 1. The molecule has 24 heavy (non-hydrogen) atoms. The molecule has 2 unspecified atom stereocenters. The van der Waals surface area contributed by atoms with Crippen LogP contribution in [0.4, 0.5) is 0 Å². The van der Waals surface area contributed by atoms with Crippen molar-refractivity contribution in [2.24, 2.45) is 5.73 Å². The molecule has 7 heteroatoms. The number of nitrogens with one attached hydrogen (secondary N) is 1. The Bertz CT molecular complexity index is 605. The minimum Gasteiger partial charge on any atom is -0.481 e. The van der Waals surface area contributed by atoms with Crippen LogP contribution in [0.1, 0.15) is 29.8 Å². The smallest absolute Gasteiger partial charge is 0.263 e. The zero-order chi connectivity index (χ0) is 17.7. The number of benzene rings is 1. The number of hydrogen-bond acceptors (Lipinski definition) is 5. The summed E-state index contributed by atoms with van der Waals surface area (Å²) >= 11 is 0. The summed E-state index contributed by atoms with van der Waals surface area (Å²) in [6.45, 7) is 6.23. The second-order valence-electron chi connectivity index (χ2n) is 5.96. The minimum absolute atomic E-state index is 0.0497. The maximum absolute atomic E-state index is 12.6. The van der Waals surface area contributed by atoms with Gasteiger partial charge in [-0.05, 0) is 32.0 Å². The van der Waals surface area contributed by atoms with Crippen LogP contribution < -0.4 is 15.8 Å². The summed E-state index contributed by atoms with van der Waals surface area (Å²) in [4.78, 5) is 25.8. The predicted molar refractivity (Wildman–Crippen MR) is 89.8 cm³/mol. The molecule has 1 aliphatic rings. The molecule has 1 fully saturated rings. The van der Waals surface area contributed by atoms with E-state index < -0.39 is 12.0 Å². The minimum atomic E-state index is -0.624. The summed E-state index contributed by atoms with van der Waals surface area (Å²) in [5, 5.41) is 3.26. The maximum atomic E-state index is 12.6. The van der Waals surface area contributed by atoms with Crippen LogP contribution in [0.3, 0.4) is 0 Å². The van der Waals surface area contributed by atoms with Crippen molar-refractivity contribution in [1.29, 1.82) is 0 Å². The maximum Gasteiger partial charge on any atom is 0.263 e. The Hall–Kier alpha value is -2.12. The Morgan fingerprint density at radius 1 is 1.46 bits per heavy atom. The molecule has 2 atom stereocenters. The molecular weight excluding hydrogens is 310 g/mol. The van der Waals surface area contributed by atoms with Gasteiger partial charge in [0.05, 0.1) is 6.61 Å². The molecule has 7 nitrogen and oxygen atoms in total. The van der Waals surface area contributed by atoms with Crippen molar-refractivity contribution in [1.82, 2.24) is 10.2 Å². The number of amides is 2. The molecule has 0 saturated carbocycles. The monoisotopic (exact) mass is 335 g/mol. The van der Waals surface area contributed by atoms with E-state index in [0.29, 0.717) is 23.4 Å². The van der Waals surface area contributed by atoms with Crippen molar-refractivity contribution < 1.29 is 19.1 Å². The molecule has 132 valence electrons. The van der Waals surface area contributed by atoms with Gasteiger partial charge in [-0.3, -0.25) is 9.59 Å². The number of primary amides is 1. The molecule has 2 rings (SSSR count). The number of ether oxygens (including phenoxy) is 2. The lowest BCUT2D eigenvalue weighted by Crippen LogP contribution is -2.55. The van der Waals surface area contributed by atoms with Crippen molar-refractivity contribution in [3.05, 3.63) is 29.3 Å². The van der Waals surface area contributed by atoms with Crippen molar-refractivity contribution in [2.75, 3.05) is 26.7 Å². The Morgan fingerprint density at radius 2 is 2.21 bits per heavy atom. The van der Waals surface area contributed by atoms with E-state index in [1.165, 1.54) is 0 Å². The second kappa shape index (κ2) is 8.12. The fourth-order valence-corrected chi connectivity index (χ4v) is 2.76. The van der Waals surface area contributed by atoms with Crippen LogP contribution in [0.5, 0.6) is 5.75 Å². The third kappa shape index (κ3) is 4.24. The highest BCUT2D eigenvalue weighted by molar-refractivity contribution is 5.93. The molecular formula is C17H25N3O4. The van der Waals surface area contributed by atoms with Gasteiger partial charge < -0.3 is 25.4 Å². The first-order valence-electron chi connectivity index (χ1n) is 8.03. The second-order valence-corrected chi connectivity index (χ2v) is 5.96. The van der Waals surface area contributed by atoms with E-state index in [9.17, 15) is 9.59 Å². The van der Waals surface area contributed by atoms with Crippen LogP contribution in [-0.2, 0) is 16.1 Å². The average Bonchev–Trinajstić information content (AvgIpc) is 2.56. The summed E-state index contributed by atoms with van der Waals surface area (Å²) in [5.74, 6) is -0.0468. The average molecular weight is 335 g/mol. The van der Waals surface area contributed by atoms with Crippen LogP contribution in [0.2, 0.25) is 0 Å². The fourth-order valence-electron chi connectivity index (χ4n) is 2.76. The van der Waals surface area contributed by atoms with Gasteiger partial charge in [0.25, 0.3) is 5.91 Å². The molecule has 1 aliphatic heterocycles. The summed E-state index contributed by atoms with van der Waals surface area (Å²) < 4.78 is 11.0. The molecule has 0 aliphatic carbocycles. The number of hydrogen-bond donors (Lipinski definition) is 2. The predicted octanol–water partition coefficient (Wildman–Crippen LogP) is 0.520. The Kier molecular flexibility index (Phi) is 6.16. The number of carbonyl (C=O) groups excluding carboxylic acids is 2. The molecule has 2 amide bonds. The first-order chi connectivity index (χ1) is 11.4. The van der Waals surface area contributed by atoms with Gasteiger partial charge in [0, 0.05) is 43.9 Å². The molecule has 1 saturated heterocycles. The summed E-state index contributed by atoms with van der Waals surface area (Å²) in [6, 6.07) is 5.00. The Morgan fingerprint density at radius 3 is 2.83 bits per heavy atom. The van der Waals surface area contributed by atoms with Crippen LogP contribution in [0.25, 0.3) is 0 Å². The van der Waals surface area contributed by atoms with Crippen LogP contribution in [0, 0.1) is 0 Å². The third-order valence-corrected chi connectivity index (χ3v) is 4.08. The number of rotatable bonds is 6. The van der Waals surface area contributed by atoms with Crippen molar-refractivity contribution in [3.8, 4) is 5.75 Å². The lowest BCUT2D eigenvalue weighted by molar-refractivity contribution is -0.140. The third-order valence-electron chi connectivity index (χ3n) is 4.08. The molecule has 3 N–H and O–H groups in total. The SMILES string of the molecule is COCc1cc(C(N)=O)ccc1OC(C)C(=O)N1CCNCC1C. The van der Waals surface area contributed by atoms with Crippen LogP contribution >= 0.6 is 0 Å². The number of nitrogens with zero attached hydrogens (tertiary/aromatic N) is 1. The van der Waals surface area contributed by atoms with E-state index in [0.717, 1.165) is 13.1 Å². The number of carbonyl (C=O) groups is 2. The van der Waals surface area contributed by atoms with E-state index in [-0.39, 0.29) is 18.6 Å². The van der Waals surface area contributed by atoms with E-state index in [4.69, 9.17) is 15.2 Å². The van der Waals surface area contributed by atoms with Gasteiger partial charge in [0.15, 0.2) is 6.10 Å². The van der Waals surface area contributed by atoms with Crippen molar-refractivity contribution in [2.45, 2.75) is 32.6 Å². The lowest BCUT2D eigenvalue weighted by atomic mass is 10.1. The number of methoxy groups -OCH3 is 1. The zero-order valence-corrected chi connectivity index (χ0v) is 14.4. The number of nitrogens with two attached hydrogens (primary N) is 1. The molecule has 1 aromatic rings. The highest BCUT2D eigenvalue weighted by Gasteiger charge is 2.28. The van der Waals surface area contributed by atoms with E-state index in [2.05, 4.69) is 5.32 Å². The molecule has 0 spiro atoms. The van der Waals surface area contributed by atoms with Gasteiger partial charge in [0.1, 0.15) is 5.75 Å². The highest BCUT2D eigenvalue weighted by Crippen LogP contribution is 2.23. The van der Waals surface area contributed by atoms with Crippen molar-refractivity contribution >= 4 is 11.8 Å². The van der Waals surface area contributed by atoms with E-state index in [1.807, 2.05) is 11.8 Å². The fraction of sp³-hybridized carbons (Fsp3) is 0.529. The summed E-state index contributed by atoms with van der Waals surface area (Å²) in [7, 11) is 1.55. The Balaban J connectivity index is 2.13. The normalized spacial score (nSPS) is 19.0. The van der Waals surface area contributed by atoms with Gasteiger partial charge in [-0.1, -0.05) is 0 Å². The van der Waals surface area contributed by atoms with E-state index >= 15 is 0 Å². The van der Waals surface area contributed by atoms with Gasteiger partial charge in [0.2, 0.25) is 5.91 Å². The lowest BCUT2D eigenvalue weighted by Gasteiger charge is -2.35. The van der Waals surface area contributed by atoms with Gasteiger partial charge in [-0.25, -0.2) is 0 Å². The summed E-state index contributed by atoms with van der Waals surface area (Å²) in [6.07, 6.45) is -0.624. The molecule has 0 bridgehead atoms. The topological polar surface area (TPSA) is 93.9 Å². The quantitative estimate of drug-likeness (QED) is 0.790. The van der Waals surface area contributed by atoms with Crippen LogP contribution in [0.15, 0.2) is 18.2 Å². The molecule has 0 aromatic heterocycles. The van der Waals surface area contributed by atoms with Gasteiger partial charge >= 0.3 is 0 Å². The standard InChI is InChI=1S/C17H25N3O4/c1-11-9-19-6-7-20(11)17(22)12(2)24-15-5-4-13(16(18)21)8-14(15)10-23-3/h4-5,8,11-12,19H,6-7,9-10H2,1-3H3,(H2,18,21). The zero-order valence-electron chi connectivity index (χ0n) is 14.4. The molecule has 0 radical (unpaired) electrons. The van der Waals surface area contributed by atoms with Gasteiger partial charge in [-0.15, -0.1) is 0 Å². The largest absolute Gasteiger partial charge is 0.481 e. The molecule has 1 heterocycles. The Labute approximate surface area is 142 Å². The van der Waals surface area contributed by atoms with E-state index in [1.54, 1.807) is 32.2 Å². The summed E-state index contributed by atoms with van der Waals surface area (Å²) in [5.41, 5.74) is 6.36. The van der Waals surface area contributed by atoms with Gasteiger partial charge in [-0.2, -0.15) is 0 Å². The van der Waals surface area contributed by atoms with Crippen LogP contribution in [-0.4, -0.2) is 55.6 Å². The van der Waals surface area contributed by atoms with Crippen molar-refractivity contribution in [3.63, 3.8) is 0 Å². The highest BCUT2D eigenvalue weighted by atomic mass is 16.5. The first-order valence-corrected chi connectivity index (χ1v) is 8.03.